The molecule has 0 bridgehead atoms. The first-order chi connectivity index (χ1) is 6.83. The van der Waals surface area contributed by atoms with Crippen molar-refractivity contribution in [2.45, 2.75) is 25.5 Å². The lowest BCUT2D eigenvalue weighted by Crippen LogP contribution is -2.04. The van der Waals surface area contributed by atoms with E-state index in [0.717, 1.165) is 12.8 Å². The normalized spacial score (nSPS) is 14.9. The van der Waals surface area contributed by atoms with Crippen LogP contribution in [0.3, 0.4) is 0 Å². The fourth-order valence-electron chi connectivity index (χ4n) is 1.18. The van der Waals surface area contributed by atoms with E-state index in [1.165, 1.54) is 0 Å². The third-order valence-electron chi connectivity index (χ3n) is 2.09. The molecule has 14 heavy (non-hydrogen) atoms. The number of hydrogen-bond donors (Lipinski definition) is 1. The molecule has 0 radical (unpaired) electrons. The van der Waals surface area contributed by atoms with Gasteiger partial charge in [-0.3, -0.25) is 4.98 Å². The molecule has 0 aromatic carbocycles. The third kappa shape index (κ3) is 1.83. The molecule has 72 valence electrons. The summed E-state index contributed by atoms with van der Waals surface area (Å²) in [5.74, 6) is 0.668. The van der Waals surface area contributed by atoms with Crippen LogP contribution >= 0.6 is 0 Å². The molecule has 1 fully saturated rings. The van der Waals surface area contributed by atoms with Crippen LogP contribution in [-0.4, -0.2) is 11.1 Å². The summed E-state index contributed by atoms with van der Waals surface area (Å²) < 4.78 is 5.51. The monoisotopic (exact) mass is 189 g/mol. The lowest BCUT2D eigenvalue weighted by Gasteiger charge is -2.05. The molecule has 0 spiro atoms. The van der Waals surface area contributed by atoms with Crippen LogP contribution < -0.4 is 10.5 Å². The zero-order valence-corrected chi connectivity index (χ0v) is 7.73. The van der Waals surface area contributed by atoms with Gasteiger partial charge in [0.2, 0.25) is 0 Å². The van der Waals surface area contributed by atoms with E-state index in [4.69, 9.17) is 15.7 Å². The van der Waals surface area contributed by atoms with Crippen LogP contribution in [0.4, 0.5) is 0 Å². The average Bonchev–Trinajstić information content (AvgIpc) is 3.01. The number of pyridine rings is 1. The zero-order chi connectivity index (χ0) is 9.97. The van der Waals surface area contributed by atoms with Crippen molar-refractivity contribution in [3.05, 3.63) is 23.5 Å². The van der Waals surface area contributed by atoms with Crippen LogP contribution in [0.15, 0.2) is 12.3 Å². The van der Waals surface area contributed by atoms with Crippen molar-refractivity contribution in [1.29, 1.82) is 5.26 Å². The lowest BCUT2D eigenvalue weighted by atomic mass is 10.2. The van der Waals surface area contributed by atoms with Crippen LogP contribution in [-0.2, 0) is 6.54 Å². The first kappa shape index (κ1) is 8.97. The van der Waals surface area contributed by atoms with Crippen molar-refractivity contribution in [3.8, 4) is 11.8 Å². The first-order valence-corrected chi connectivity index (χ1v) is 4.59. The van der Waals surface area contributed by atoms with E-state index in [0.29, 0.717) is 23.1 Å². The summed E-state index contributed by atoms with van der Waals surface area (Å²) in [6, 6.07) is 3.76. The summed E-state index contributed by atoms with van der Waals surface area (Å²) in [6.07, 6.45) is 4.15. The molecular formula is C10H11N3O. The maximum absolute atomic E-state index is 8.82. The smallest absolute Gasteiger partial charge is 0.139 e. The van der Waals surface area contributed by atoms with E-state index in [-0.39, 0.29) is 6.54 Å². The first-order valence-electron chi connectivity index (χ1n) is 4.59. The highest BCUT2D eigenvalue weighted by Gasteiger charge is 2.23. The second-order valence-electron chi connectivity index (χ2n) is 3.30. The molecule has 1 heterocycles. The minimum absolute atomic E-state index is 0.284. The van der Waals surface area contributed by atoms with Crippen molar-refractivity contribution in [1.82, 2.24) is 4.98 Å². The van der Waals surface area contributed by atoms with Gasteiger partial charge >= 0.3 is 0 Å². The number of ether oxygens (including phenoxy) is 1. The van der Waals surface area contributed by atoms with E-state index in [1.54, 1.807) is 12.3 Å². The van der Waals surface area contributed by atoms with Crippen LogP contribution in [0.2, 0.25) is 0 Å². The Balaban J connectivity index is 2.22. The van der Waals surface area contributed by atoms with E-state index in [9.17, 15) is 0 Å². The summed E-state index contributed by atoms with van der Waals surface area (Å²) in [5, 5.41) is 8.82. The Hall–Kier alpha value is -1.60. The van der Waals surface area contributed by atoms with E-state index >= 15 is 0 Å². The van der Waals surface area contributed by atoms with E-state index < -0.39 is 0 Å². The van der Waals surface area contributed by atoms with Crippen LogP contribution in [0.1, 0.15) is 24.1 Å². The molecule has 0 amide bonds. The molecule has 1 saturated carbocycles. The van der Waals surface area contributed by atoms with Crippen molar-refractivity contribution in [2.75, 3.05) is 0 Å². The van der Waals surface area contributed by atoms with Gasteiger partial charge in [-0.1, -0.05) is 0 Å². The van der Waals surface area contributed by atoms with Crippen LogP contribution in [0, 0.1) is 11.3 Å². The molecule has 0 saturated heterocycles. The highest BCUT2D eigenvalue weighted by atomic mass is 16.5. The molecule has 0 unspecified atom stereocenters. The van der Waals surface area contributed by atoms with E-state index in [1.807, 2.05) is 0 Å². The zero-order valence-electron chi connectivity index (χ0n) is 7.73. The molecule has 0 aliphatic heterocycles. The Morgan fingerprint density at radius 3 is 3.00 bits per heavy atom. The summed E-state index contributed by atoms with van der Waals surface area (Å²) in [5.41, 5.74) is 6.56. The molecule has 0 atom stereocenters. The van der Waals surface area contributed by atoms with Gasteiger partial charge in [0.05, 0.1) is 23.6 Å². The van der Waals surface area contributed by atoms with Gasteiger partial charge in [0, 0.05) is 12.6 Å². The van der Waals surface area contributed by atoms with Crippen molar-refractivity contribution in [3.63, 3.8) is 0 Å². The Bertz CT molecular complexity index is 379. The van der Waals surface area contributed by atoms with Crippen molar-refractivity contribution >= 4 is 0 Å². The van der Waals surface area contributed by atoms with Gasteiger partial charge < -0.3 is 10.5 Å². The Labute approximate surface area is 82.3 Å². The highest BCUT2D eigenvalue weighted by molar-refractivity contribution is 5.38. The predicted molar refractivity (Wildman–Crippen MR) is 50.5 cm³/mol. The maximum atomic E-state index is 8.82. The Morgan fingerprint density at radius 1 is 1.64 bits per heavy atom. The molecule has 4 heteroatoms. The number of nitrogens with two attached hydrogens (primary N) is 1. The SMILES string of the molecule is N#Cc1cc(OC2CC2)cnc1CN. The van der Waals surface area contributed by atoms with Gasteiger partial charge in [-0.2, -0.15) is 5.26 Å². The number of nitrogens with zero attached hydrogens (tertiary/aromatic N) is 2. The molecular weight excluding hydrogens is 178 g/mol. The minimum Gasteiger partial charge on any atom is -0.489 e. The Kier molecular flexibility index (Phi) is 2.33. The Morgan fingerprint density at radius 2 is 2.43 bits per heavy atom. The molecule has 1 aliphatic carbocycles. The van der Waals surface area contributed by atoms with Crippen molar-refractivity contribution in [2.24, 2.45) is 5.73 Å². The lowest BCUT2D eigenvalue weighted by molar-refractivity contribution is 0.301. The summed E-state index contributed by atoms with van der Waals surface area (Å²) in [4.78, 5) is 4.08. The van der Waals surface area contributed by atoms with Gasteiger partial charge in [-0.15, -0.1) is 0 Å². The molecule has 4 nitrogen and oxygen atoms in total. The summed E-state index contributed by atoms with van der Waals surface area (Å²) in [7, 11) is 0. The molecule has 1 aliphatic rings. The van der Waals surface area contributed by atoms with Gasteiger partial charge in [0.15, 0.2) is 0 Å². The van der Waals surface area contributed by atoms with Gasteiger partial charge in [-0.25, -0.2) is 0 Å². The second kappa shape index (κ2) is 3.64. The maximum Gasteiger partial charge on any atom is 0.139 e. The molecule has 2 N–H and O–H groups in total. The quantitative estimate of drug-likeness (QED) is 0.768. The largest absolute Gasteiger partial charge is 0.489 e. The van der Waals surface area contributed by atoms with Gasteiger partial charge in [0.25, 0.3) is 0 Å². The van der Waals surface area contributed by atoms with Crippen LogP contribution in [0.25, 0.3) is 0 Å². The molecule has 1 aromatic rings. The number of rotatable bonds is 3. The summed E-state index contributed by atoms with van der Waals surface area (Å²) in [6.45, 7) is 0.284. The number of aromatic nitrogens is 1. The number of hydrogen-bond acceptors (Lipinski definition) is 4. The average molecular weight is 189 g/mol. The van der Waals surface area contributed by atoms with Crippen molar-refractivity contribution < 1.29 is 4.74 Å². The predicted octanol–water partition coefficient (Wildman–Crippen LogP) is 0.953. The molecule has 1 aromatic heterocycles. The fraction of sp³-hybridized carbons (Fsp3) is 0.400. The van der Waals surface area contributed by atoms with E-state index in [2.05, 4.69) is 11.1 Å². The highest BCUT2D eigenvalue weighted by Crippen LogP contribution is 2.26. The standard InChI is InChI=1S/C10H11N3O/c11-4-7-3-9(14-8-1-2-8)6-13-10(7)5-12/h3,6,8H,1-2,5,12H2. The van der Waals surface area contributed by atoms with Gasteiger partial charge in [-0.05, 0) is 12.8 Å². The number of nitriles is 1. The summed E-state index contributed by atoms with van der Waals surface area (Å²) >= 11 is 0. The fourth-order valence-corrected chi connectivity index (χ4v) is 1.18. The molecule has 2 rings (SSSR count). The topological polar surface area (TPSA) is 71.9 Å². The second-order valence-corrected chi connectivity index (χ2v) is 3.30. The van der Waals surface area contributed by atoms with Crippen LogP contribution in [0.5, 0.6) is 5.75 Å². The minimum atomic E-state index is 0.284. The van der Waals surface area contributed by atoms with Gasteiger partial charge in [0.1, 0.15) is 11.8 Å². The third-order valence-corrected chi connectivity index (χ3v) is 2.09.